The molecular formula is C29H50O5S. The number of carbonyl (C=O) groups is 1. The molecule has 5 nitrogen and oxygen atoms in total. The van der Waals surface area contributed by atoms with Crippen LogP contribution in [0.2, 0.25) is 0 Å². The summed E-state index contributed by atoms with van der Waals surface area (Å²) >= 11 is 0. The number of hydrogen-bond acceptors (Lipinski definition) is 4. The lowest BCUT2D eigenvalue weighted by Gasteiger charge is -2.11. The summed E-state index contributed by atoms with van der Waals surface area (Å²) < 4.78 is 33.3. The van der Waals surface area contributed by atoms with Crippen molar-refractivity contribution in [1.29, 1.82) is 0 Å². The van der Waals surface area contributed by atoms with Crippen LogP contribution in [0.15, 0.2) is 0 Å². The predicted molar refractivity (Wildman–Crippen MR) is 145 cm³/mol. The van der Waals surface area contributed by atoms with Gasteiger partial charge in [-0.2, -0.15) is 8.42 Å². The van der Waals surface area contributed by atoms with E-state index in [-0.39, 0.29) is 6.42 Å². The largest absolute Gasteiger partial charge is 0.448 e. The van der Waals surface area contributed by atoms with Gasteiger partial charge in [-0.05, 0) is 32.1 Å². The Bertz CT molecular complexity index is 712. The molecule has 35 heavy (non-hydrogen) atoms. The Morgan fingerprint density at radius 3 is 1.80 bits per heavy atom. The Morgan fingerprint density at radius 2 is 1.26 bits per heavy atom. The van der Waals surface area contributed by atoms with Gasteiger partial charge in [0.25, 0.3) is 0 Å². The summed E-state index contributed by atoms with van der Waals surface area (Å²) in [5.74, 6) is 9.34. The molecule has 0 aliphatic heterocycles. The van der Waals surface area contributed by atoms with E-state index in [0.29, 0.717) is 12.3 Å². The van der Waals surface area contributed by atoms with Crippen molar-refractivity contribution in [1.82, 2.24) is 0 Å². The van der Waals surface area contributed by atoms with Crippen LogP contribution in [0.3, 0.4) is 0 Å². The van der Waals surface area contributed by atoms with Crippen molar-refractivity contribution in [3.63, 3.8) is 0 Å². The second-order valence-electron chi connectivity index (χ2n) is 9.59. The van der Waals surface area contributed by atoms with Crippen molar-refractivity contribution in [3.05, 3.63) is 0 Å². The smallest absolute Gasteiger partial charge is 0.325 e. The summed E-state index contributed by atoms with van der Waals surface area (Å²) in [6, 6.07) is 0. The summed E-state index contributed by atoms with van der Waals surface area (Å²) in [5, 5.41) is 0. The molecule has 1 atom stereocenters. The molecule has 0 aromatic heterocycles. The number of rotatable bonds is 23. The lowest BCUT2D eigenvalue weighted by Crippen LogP contribution is -2.11. The van der Waals surface area contributed by atoms with Gasteiger partial charge in [0.05, 0.1) is 0 Å². The first-order chi connectivity index (χ1) is 16.9. The molecule has 0 saturated carbocycles. The normalized spacial score (nSPS) is 11.9. The fourth-order valence-electron chi connectivity index (χ4n) is 4.17. The van der Waals surface area contributed by atoms with E-state index in [1.54, 1.807) is 0 Å². The monoisotopic (exact) mass is 510 g/mol. The van der Waals surface area contributed by atoms with E-state index in [9.17, 15) is 13.2 Å². The fraction of sp³-hybridized carbons (Fsp3) is 0.828. The summed E-state index contributed by atoms with van der Waals surface area (Å²) in [5.41, 5.74) is 0. The molecule has 0 rings (SSSR count). The highest BCUT2D eigenvalue weighted by Crippen LogP contribution is 2.19. The Hall–Kier alpha value is -1.50. The highest BCUT2D eigenvalue weighted by molar-refractivity contribution is 7.81. The highest BCUT2D eigenvalue weighted by atomic mass is 32.3. The summed E-state index contributed by atoms with van der Waals surface area (Å²) in [4.78, 5) is 11.2. The second kappa shape index (κ2) is 24.2. The second-order valence-corrected chi connectivity index (χ2v) is 10.6. The van der Waals surface area contributed by atoms with Crippen LogP contribution in [0.5, 0.6) is 0 Å². The van der Waals surface area contributed by atoms with Crippen LogP contribution in [0.4, 0.5) is 0 Å². The first-order valence-electron chi connectivity index (χ1n) is 14.0. The van der Waals surface area contributed by atoms with Crippen LogP contribution in [0.1, 0.15) is 148 Å². The molecule has 6 heteroatoms. The van der Waals surface area contributed by atoms with Gasteiger partial charge in [-0.1, -0.05) is 103 Å². The molecule has 0 bridgehead atoms. The average molecular weight is 511 g/mol. The maximum Gasteiger partial charge on any atom is 0.448 e. The molecule has 1 N–H and O–H groups in total. The molecule has 0 saturated heterocycles. The zero-order valence-electron chi connectivity index (χ0n) is 22.2. The van der Waals surface area contributed by atoms with E-state index in [1.165, 1.54) is 77.0 Å². The van der Waals surface area contributed by atoms with Crippen LogP contribution in [-0.4, -0.2) is 18.9 Å². The van der Waals surface area contributed by atoms with Crippen molar-refractivity contribution >= 4 is 16.4 Å². The third-order valence-corrected chi connectivity index (χ3v) is 6.61. The first-order valence-corrected chi connectivity index (χ1v) is 15.4. The lowest BCUT2D eigenvalue weighted by molar-refractivity contribution is -0.134. The van der Waals surface area contributed by atoms with Crippen molar-refractivity contribution in [2.45, 2.75) is 148 Å². The van der Waals surface area contributed by atoms with Gasteiger partial charge >= 0.3 is 16.4 Å². The molecule has 0 aromatic rings. The average Bonchev–Trinajstić information content (AvgIpc) is 2.80. The minimum atomic E-state index is -4.68. The van der Waals surface area contributed by atoms with E-state index >= 15 is 0 Å². The molecule has 0 aliphatic carbocycles. The molecule has 0 heterocycles. The SMILES string of the molecule is C#CCCCCCCC(C#CCCCCCCCCC)CCCCCCCCC(=O)OS(=O)(=O)O. The first kappa shape index (κ1) is 33.5. The van der Waals surface area contributed by atoms with Crippen molar-refractivity contribution in [2.24, 2.45) is 5.92 Å². The van der Waals surface area contributed by atoms with E-state index in [2.05, 4.69) is 28.9 Å². The van der Waals surface area contributed by atoms with Gasteiger partial charge < -0.3 is 4.18 Å². The van der Waals surface area contributed by atoms with Crippen LogP contribution in [-0.2, 0) is 19.4 Å². The fourth-order valence-corrected chi connectivity index (χ4v) is 4.49. The third kappa shape index (κ3) is 26.9. The topological polar surface area (TPSA) is 80.7 Å². The van der Waals surface area contributed by atoms with Gasteiger partial charge in [0.2, 0.25) is 0 Å². The number of terminal acetylenes is 1. The molecule has 0 aromatic carbocycles. The maximum atomic E-state index is 11.2. The maximum absolute atomic E-state index is 11.2. The lowest BCUT2D eigenvalue weighted by atomic mass is 9.94. The molecule has 0 aliphatic rings. The molecule has 1 unspecified atom stereocenters. The quantitative estimate of drug-likeness (QED) is 0.0851. The number of hydrogen-bond donors (Lipinski definition) is 1. The van der Waals surface area contributed by atoms with Gasteiger partial charge in [0.1, 0.15) is 0 Å². The Morgan fingerprint density at radius 1 is 0.771 bits per heavy atom. The molecule has 0 spiro atoms. The Balaban J connectivity index is 4.06. The standard InChI is InChI=1S/C29H50O5S/c1-3-5-7-9-11-12-13-17-21-25-28(24-20-16-10-8-6-4-2)26-22-18-14-15-19-23-27-29(30)34-35(31,32)33/h2,28H,3,5-20,22-24,26-27H2,1H3,(H,31,32,33). The van der Waals surface area contributed by atoms with Crippen LogP contribution in [0.25, 0.3) is 0 Å². The molecule has 202 valence electrons. The van der Waals surface area contributed by atoms with E-state index in [4.69, 9.17) is 11.0 Å². The van der Waals surface area contributed by atoms with Gasteiger partial charge in [0.15, 0.2) is 0 Å². The minimum Gasteiger partial charge on any atom is -0.325 e. The summed E-state index contributed by atoms with van der Waals surface area (Å²) in [7, 11) is -4.68. The van der Waals surface area contributed by atoms with Crippen LogP contribution in [0, 0.1) is 30.1 Å². The predicted octanol–water partition coefficient (Wildman–Crippen LogP) is 8.19. The molecule has 0 radical (unpaired) electrons. The van der Waals surface area contributed by atoms with Crippen LogP contribution < -0.4 is 0 Å². The Kier molecular flexibility index (Phi) is 23.2. The van der Waals surface area contributed by atoms with Crippen molar-refractivity contribution in [3.8, 4) is 24.2 Å². The van der Waals surface area contributed by atoms with E-state index < -0.39 is 16.4 Å². The highest BCUT2D eigenvalue weighted by Gasteiger charge is 2.12. The van der Waals surface area contributed by atoms with Gasteiger partial charge in [-0.25, -0.2) is 0 Å². The molecule has 0 amide bonds. The third-order valence-electron chi connectivity index (χ3n) is 6.22. The van der Waals surface area contributed by atoms with Crippen LogP contribution >= 0.6 is 0 Å². The summed E-state index contributed by atoms with van der Waals surface area (Å²) in [6.07, 6.45) is 29.4. The van der Waals surface area contributed by atoms with Crippen molar-refractivity contribution in [2.75, 3.05) is 0 Å². The van der Waals surface area contributed by atoms with Gasteiger partial charge in [-0.3, -0.25) is 9.35 Å². The zero-order chi connectivity index (χ0) is 26.0. The Labute approximate surface area is 216 Å². The minimum absolute atomic E-state index is 0.0114. The van der Waals surface area contributed by atoms with E-state index in [1.807, 2.05) is 0 Å². The molecule has 0 fully saturated rings. The van der Waals surface area contributed by atoms with Gasteiger partial charge in [0, 0.05) is 25.2 Å². The van der Waals surface area contributed by atoms with Gasteiger partial charge in [-0.15, -0.1) is 18.3 Å². The van der Waals surface area contributed by atoms with E-state index in [0.717, 1.165) is 51.4 Å². The number of unbranched alkanes of at least 4 members (excludes halogenated alkanes) is 16. The van der Waals surface area contributed by atoms with Crippen molar-refractivity contribution < 1.29 is 21.9 Å². The zero-order valence-corrected chi connectivity index (χ0v) is 23.0. The number of carbonyl (C=O) groups excluding carboxylic acids is 1. The molecular weight excluding hydrogens is 460 g/mol. The summed E-state index contributed by atoms with van der Waals surface area (Å²) in [6.45, 7) is 2.25.